The Morgan fingerprint density at radius 3 is 2.33 bits per heavy atom. The number of hydrogen-bond donors (Lipinski definition) is 2. The largest absolute Gasteiger partial charge is 0.481 e. The fraction of sp³-hybridized carbons (Fsp3) is 0.500. The van der Waals surface area contributed by atoms with E-state index in [1.54, 1.807) is 13.0 Å². The molecule has 0 spiro atoms. The van der Waals surface area contributed by atoms with Crippen LogP contribution in [0.25, 0.3) is 0 Å². The van der Waals surface area contributed by atoms with E-state index < -0.39 is 17.8 Å². The maximum atomic E-state index is 11.9. The van der Waals surface area contributed by atoms with Crippen molar-refractivity contribution >= 4 is 34.8 Å². The van der Waals surface area contributed by atoms with Gasteiger partial charge in [-0.3, -0.25) is 9.59 Å². The van der Waals surface area contributed by atoms with Crippen LogP contribution in [0, 0.1) is 11.8 Å². The first kappa shape index (κ1) is 15.0. The Bertz CT molecular complexity index is 446. The SMILES string of the molecule is CC(NC(=O)C(C)C(C)C(=O)O)c1ccc(Cl)s1. The molecule has 0 aliphatic heterocycles. The van der Waals surface area contributed by atoms with Crippen LogP contribution in [0.1, 0.15) is 31.7 Å². The molecule has 0 saturated heterocycles. The van der Waals surface area contributed by atoms with Gasteiger partial charge < -0.3 is 10.4 Å². The third-order valence-electron chi connectivity index (χ3n) is 2.93. The molecule has 0 radical (unpaired) electrons. The smallest absolute Gasteiger partial charge is 0.307 e. The van der Waals surface area contributed by atoms with Gasteiger partial charge in [0.2, 0.25) is 5.91 Å². The fourth-order valence-electron chi connectivity index (χ4n) is 1.42. The van der Waals surface area contributed by atoms with Gasteiger partial charge in [-0.2, -0.15) is 0 Å². The quantitative estimate of drug-likeness (QED) is 0.876. The van der Waals surface area contributed by atoms with Crippen molar-refractivity contribution in [2.24, 2.45) is 11.8 Å². The molecule has 1 aromatic heterocycles. The van der Waals surface area contributed by atoms with Crippen LogP contribution in [-0.2, 0) is 9.59 Å². The molecule has 1 amide bonds. The summed E-state index contributed by atoms with van der Waals surface area (Å²) in [5.41, 5.74) is 0. The Hall–Kier alpha value is -1.07. The highest BCUT2D eigenvalue weighted by Gasteiger charge is 2.26. The van der Waals surface area contributed by atoms with E-state index in [0.717, 1.165) is 4.88 Å². The molecule has 0 aliphatic rings. The summed E-state index contributed by atoms with van der Waals surface area (Å²) in [5.74, 6) is -2.50. The van der Waals surface area contributed by atoms with Crippen molar-refractivity contribution in [2.75, 3.05) is 0 Å². The van der Waals surface area contributed by atoms with Crippen molar-refractivity contribution in [3.05, 3.63) is 21.3 Å². The number of amides is 1. The number of halogens is 1. The molecule has 3 unspecified atom stereocenters. The summed E-state index contributed by atoms with van der Waals surface area (Å²) in [6, 6.07) is 3.45. The van der Waals surface area contributed by atoms with E-state index in [2.05, 4.69) is 5.32 Å². The van der Waals surface area contributed by atoms with E-state index >= 15 is 0 Å². The molecule has 0 fully saturated rings. The van der Waals surface area contributed by atoms with Gasteiger partial charge in [0, 0.05) is 10.8 Å². The van der Waals surface area contributed by atoms with Gasteiger partial charge in [0.05, 0.1) is 16.3 Å². The Labute approximate surface area is 115 Å². The van der Waals surface area contributed by atoms with Gasteiger partial charge in [-0.25, -0.2) is 0 Å². The monoisotopic (exact) mass is 289 g/mol. The molecule has 1 rings (SSSR count). The lowest BCUT2D eigenvalue weighted by atomic mass is 9.95. The topological polar surface area (TPSA) is 66.4 Å². The van der Waals surface area contributed by atoms with Gasteiger partial charge in [-0.15, -0.1) is 11.3 Å². The molecule has 18 heavy (non-hydrogen) atoms. The lowest BCUT2D eigenvalue weighted by Crippen LogP contribution is -2.36. The van der Waals surface area contributed by atoms with Crippen LogP contribution in [0.5, 0.6) is 0 Å². The summed E-state index contributed by atoms with van der Waals surface area (Å²) in [6.07, 6.45) is 0. The minimum Gasteiger partial charge on any atom is -0.481 e. The number of hydrogen-bond acceptors (Lipinski definition) is 3. The van der Waals surface area contributed by atoms with Gasteiger partial charge in [0.25, 0.3) is 0 Å². The van der Waals surface area contributed by atoms with E-state index in [-0.39, 0.29) is 11.9 Å². The zero-order valence-electron chi connectivity index (χ0n) is 10.4. The normalized spacial score (nSPS) is 15.8. The highest BCUT2D eigenvalue weighted by Crippen LogP contribution is 2.27. The van der Waals surface area contributed by atoms with E-state index in [4.69, 9.17) is 16.7 Å². The van der Waals surface area contributed by atoms with E-state index in [9.17, 15) is 9.59 Å². The minimum absolute atomic E-state index is 0.168. The van der Waals surface area contributed by atoms with Crippen LogP contribution >= 0.6 is 22.9 Å². The van der Waals surface area contributed by atoms with Crippen LogP contribution in [0.15, 0.2) is 12.1 Å². The average Bonchev–Trinajstić information content (AvgIpc) is 2.73. The first-order valence-corrected chi connectivity index (χ1v) is 6.80. The molecule has 0 bridgehead atoms. The summed E-state index contributed by atoms with van der Waals surface area (Å²) in [4.78, 5) is 23.6. The van der Waals surface area contributed by atoms with Crippen LogP contribution in [0.2, 0.25) is 4.34 Å². The van der Waals surface area contributed by atoms with E-state index in [1.165, 1.54) is 18.3 Å². The Kier molecular flexibility index (Phi) is 5.16. The van der Waals surface area contributed by atoms with Crippen LogP contribution < -0.4 is 5.32 Å². The van der Waals surface area contributed by atoms with Gasteiger partial charge in [-0.05, 0) is 19.1 Å². The molecule has 6 heteroatoms. The maximum absolute atomic E-state index is 11.9. The second-order valence-electron chi connectivity index (χ2n) is 4.29. The van der Waals surface area contributed by atoms with Gasteiger partial charge in [0.1, 0.15) is 0 Å². The molecule has 100 valence electrons. The van der Waals surface area contributed by atoms with Crippen molar-refractivity contribution in [3.8, 4) is 0 Å². The molecule has 2 N–H and O–H groups in total. The van der Waals surface area contributed by atoms with Crippen LogP contribution in [0.4, 0.5) is 0 Å². The highest BCUT2D eigenvalue weighted by molar-refractivity contribution is 7.16. The molecule has 0 aliphatic carbocycles. The zero-order chi connectivity index (χ0) is 13.9. The van der Waals surface area contributed by atoms with Crippen LogP contribution in [-0.4, -0.2) is 17.0 Å². The maximum Gasteiger partial charge on any atom is 0.307 e. The summed E-state index contributed by atoms with van der Waals surface area (Å²) >= 11 is 7.22. The van der Waals surface area contributed by atoms with Crippen molar-refractivity contribution < 1.29 is 14.7 Å². The van der Waals surface area contributed by atoms with Crippen LogP contribution in [0.3, 0.4) is 0 Å². The Balaban J connectivity index is 2.62. The van der Waals surface area contributed by atoms with Crippen molar-refractivity contribution in [1.29, 1.82) is 0 Å². The molecule has 3 atom stereocenters. The third kappa shape index (κ3) is 3.71. The molecule has 4 nitrogen and oxygen atoms in total. The van der Waals surface area contributed by atoms with Crippen molar-refractivity contribution in [1.82, 2.24) is 5.32 Å². The van der Waals surface area contributed by atoms with Gasteiger partial charge in [0.15, 0.2) is 0 Å². The highest BCUT2D eigenvalue weighted by atomic mass is 35.5. The van der Waals surface area contributed by atoms with Gasteiger partial charge >= 0.3 is 5.97 Å². The summed E-state index contributed by atoms with van der Waals surface area (Å²) in [7, 11) is 0. The number of carbonyl (C=O) groups excluding carboxylic acids is 1. The lowest BCUT2D eigenvalue weighted by Gasteiger charge is -2.19. The summed E-state index contributed by atoms with van der Waals surface area (Å²) in [5, 5.41) is 11.7. The number of rotatable bonds is 5. The third-order valence-corrected chi connectivity index (χ3v) is 4.35. The molecule has 0 saturated carbocycles. The Morgan fingerprint density at radius 2 is 1.89 bits per heavy atom. The van der Waals surface area contributed by atoms with E-state index in [0.29, 0.717) is 4.34 Å². The second-order valence-corrected chi connectivity index (χ2v) is 6.03. The van der Waals surface area contributed by atoms with Crippen molar-refractivity contribution in [2.45, 2.75) is 26.8 Å². The first-order valence-electron chi connectivity index (χ1n) is 5.61. The second kappa shape index (κ2) is 6.20. The molecule has 0 aromatic carbocycles. The number of carbonyl (C=O) groups is 2. The number of thiophene rings is 1. The number of carboxylic acid groups (broad SMARTS) is 1. The lowest BCUT2D eigenvalue weighted by molar-refractivity contribution is -0.146. The predicted molar refractivity (Wildman–Crippen MR) is 71.9 cm³/mol. The molecular formula is C12H16ClNO3S. The first-order chi connectivity index (χ1) is 8.32. The molecular weight excluding hydrogens is 274 g/mol. The Morgan fingerprint density at radius 1 is 1.28 bits per heavy atom. The molecule has 1 heterocycles. The minimum atomic E-state index is -0.968. The van der Waals surface area contributed by atoms with Crippen molar-refractivity contribution in [3.63, 3.8) is 0 Å². The standard InChI is InChI=1S/C12H16ClNO3S/c1-6(7(2)12(16)17)11(15)14-8(3)9-4-5-10(13)18-9/h4-8H,1-3H3,(H,14,15)(H,16,17). The molecule has 1 aromatic rings. The summed E-state index contributed by atoms with van der Waals surface area (Å²) in [6.45, 7) is 4.99. The number of aliphatic carboxylic acids is 1. The summed E-state index contributed by atoms with van der Waals surface area (Å²) < 4.78 is 0.665. The van der Waals surface area contributed by atoms with E-state index in [1.807, 2.05) is 13.0 Å². The average molecular weight is 290 g/mol. The predicted octanol–water partition coefficient (Wildman–Crippen LogP) is 2.94. The van der Waals surface area contributed by atoms with Gasteiger partial charge in [-0.1, -0.05) is 25.4 Å². The zero-order valence-corrected chi connectivity index (χ0v) is 12.0. The number of carboxylic acids is 1. The number of nitrogens with one attached hydrogen (secondary N) is 1. The fourth-order valence-corrected chi connectivity index (χ4v) is 2.48.